The number of thioether (sulfide) groups is 1. The quantitative estimate of drug-likeness (QED) is 0.853. The average molecular weight is 378 g/mol. The van der Waals surface area contributed by atoms with Gasteiger partial charge in [-0.25, -0.2) is 0 Å². The Morgan fingerprint density at radius 3 is 3.00 bits per heavy atom. The van der Waals surface area contributed by atoms with Gasteiger partial charge in [0, 0.05) is 43.8 Å². The summed E-state index contributed by atoms with van der Waals surface area (Å²) in [5.41, 5.74) is 1.93. The minimum absolute atomic E-state index is 0.188. The maximum absolute atomic E-state index is 12.5. The van der Waals surface area contributed by atoms with E-state index >= 15 is 0 Å². The van der Waals surface area contributed by atoms with Gasteiger partial charge in [-0.3, -0.25) is 14.7 Å². The average Bonchev–Trinajstić information content (AvgIpc) is 2.63. The highest BCUT2D eigenvalue weighted by Gasteiger charge is 2.46. The topological polar surface area (TPSA) is 56.7 Å². The van der Waals surface area contributed by atoms with Crippen LogP contribution < -0.4 is 0 Å². The lowest BCUT2D eigenvalue weighted by Crippen LogP contribution is -2.59. The van der Waals surface area contributed by atoms with E-state index in [1.165, 1.54) is 0 Å². The summed E-state index contributed by atoms with van der Waals surface area (Å²) in [6.07, 6.45) is 2.43. The van der Waals surface area contributed by atoms with E-state index in [1.807, 2.05) is 17.9 Å². The maximum Gasteiger partial charge on any atom is 0.232 e. The molecular weight excluding hydrogens is 346 g/mol. The molecule has 0 bridgehead atoms. The summed E-state index contributed by atoms with van der Waals surface area (Å²) in [6, 6.07) is 6.14. The minimum atomic E-state index is -0.321. The fraction of sp³-hybridized carbons (Fsp3) is 0.700. The summed E-state index contributed by atoms with van der Waals surface area (Å²) in [4.78, 5) is 21.5. The highest BCUT2D eigenvalue weighted by atomic mass is 32.2. The molecule has 0 aromatic carbocycles. The Labute approximate surface area is 161 Å². The number of carbonyl (C=O) groups excluding carboxylic acids is 1. The van der Waals surface area contributed by atoms with E-state index in [9.17, 15) is 9.90 Å². The number of nitrogens with zero attached hydrogens (tertiary/aromatic N) is 3. The molecule has 1 amide bonds. The summed E-state index contributed by atoms with van der Waals surface area (Å²) in [7, 11) is 0. The number of aryl methyl sites for hydroxylation is 1. The number of aliphatic hydroxyl groups excluding tert-OH is 1. The van der Waals surface area contributed by atoms with Crippen LogP contribution in [0.5, 0.6) is 0 Å². The van der Waals surface area contributed by atoms with Gasteiger partial charge in [-0.2, -0.15) is 11.8 Å². The van der Waals surface area contributed by atoms with Crippen molar-refractivity contribution in [2.24, 2.45) is 5.41 Å². The van der Waals surface area contributed by atoms with Crippen LogP contribution in [0, 0.1) is 12.3 Å². The number of piperidine rings is 2. The van der Waals surface area contributed by atoms with Crippen LogP contribution in [-0.2, 0) is 11.3 Å². The number of aromatic nitrogens is 1. The summed E-state index contributed by atoms with van der Waals surface area (Å²) >= 11 is 1.68. The molecule has 2 atom stereocenters. The number of hydrogen-bond acceptors (Lipinski definition) is 5. The van der Waals surface area contributed by atoms with Gasteiger partial charge in [0.1, 0.15) is 0 Å². The normalized spacial score (nSPS) is 27.0. The van der Waals surface area contributed by atoms with Crippen LogP contribution in [0.3, 0.4) is 0 Å². The Bertz CT molecular complexity index is 627. The van der Waals surface area contributed by atoms with Gasteiger partial charge in [-0.1, -0.05) is 13.0 Å². The Kier molecular flexibility index (Phi) is 6.59. The molecule has 0 radical (unpaired) electrons. The Morgan fingerprint density at radius 1 is 1.38 bits per heavy atom. The van der Waals surface area contributed by atoms with E-state index in [0.29, 0.717) is 12.3 Å². The summed E-state index contributed by atoms with van der Waals surface area (Å²) in [6.45, 7) is 8.16. The lowest BCUT2D eigenvalue weighted by molar-refractivity contribution is -0.138. The van der Waals surface area contributed by atoms with Crippen molar-refractivity contribution in [3.8, 4) is 0 Å². The van der Waals surface area contributed by atoms with E-state index in [2.05, 4.69) is 28.9 Å². The molecule has 1 N–H and O–H groups in total. The van der Waals surface area contributed by atoms with Crippen LogP contribution >= 0.6 is 11.8 Å². The van der Waals surface area contributed by atoms with E-state index in [0.717, 1.165) is 62.6 Å². The van der Waals surface area contributed by atoms with Crippen LogP contribution in [-0.4, -0.2) is 69.6 Å². The van der Waals surface area contributed by atoms with Gasteiger partial charge in [0.15, 0.2) is 0 Å². The van der Waals surface area contributed by atoms with Crippen molar-refractivity contribution < 1.29 is 9.90 Å². The zero-order valence-corrected chi connectivity index (χ0v) is 16.8. The van der Waals surface area contributed by atoms with Crippen molar-refractivity contribution in [1.29, 1.82) is 0 Å². The van der Waals surface area contributed by atoms with Gasteiger partial charge in [0.2, 0.25) is 5.91 Å². The largest absolute Gasteiger partial charge is 0.392 e. The standard InChI is InChI=1S/C20H31N3O2S/c1-3-26-13-19(25)23-10-5-9-20(15-23)14-22(11-8-18(20)24)12-17-7-4-6-16(2)21-17/h4,6-7,18,24H,3,5,8-15H2,1-2H3/t18-,20-/m1/s1. The molecule has 0 aliphatic carbocycles. The number of likely N-dealkylation sites (tertiary alicyclic amines) is 2. The van der Waals surface area contributed by atoms with Crippen molar-refractivity contribution in [3.05, 3.63) is 29.6 Å². The Hall–Kier alpha value is -1.11. The van der Waals surface area contributed by atoms with Crippen molar-refractivity contribution >= 4 is 17.7 Å². The summed E-state index contributed by atoms with van der Waals surface area (Å²) in [5.74, 6) is 1.74. The van der Waals surface area contributed by atoms with Crippen LogP contribution in [0.25, 0.3) is 0 Å². The molecule has 1 spiro atoms. The first kappa shape index (κ1) is 19.6. The number of amides is 1. The molecule has 6 heteroatoms. The first-order chi connectivity index (χ1) is 12.5. The molecular formula is C20H31N3O2S. The fourth-order valence-electron chi connectivity index (χ4n) is 4.35. The fourth-order valence-corrected chi connectivity index (χ4v) is 4.91. The van der Waals surface area contributed by atoms with Crippen molar-refractivity contribution in [2.45, 2.75) is 45.8 Å². The molecule has 1 aromatic rings. The number of carbonyl (C=O) groups is 1. The van der Waals surface area contributed by atoms with Crippen LogP contribution in [0.1, 0.15) is 37.6 Å². The molecule has 1 aromatic heterocycles. The molecule has 2 aliphatic heterocycles. The zero-order valence-electron chi connectivity index (χ0n) is 16.0. The molecule has 0 saturated carbocycles. The highest BCUT2D eigenvalue weighted by molar-refractivity contribution is 7.99. The second-order valence-corrected chi connectivity index (χ2v) is 8.98. The summed E-state index contributed by atoms with van der Waals surface area (Å²) in [5, 5.41) is 10.8. The second kappa shape index (κ2) is 8.72. The smallest absolute Gasteiger partial charge is 0.232 e. The number of rotatable bonds is 5. The van der Waals surface area contributed by atoms with Gasteiger partial charge >= 0.3 is 0 Å². The predicted molar refractivity (Wildman–Crippen MR) is 106 cm³/mol. The van der Waals surface area contributed by atoms with E-state index in [1.54, 1.807) is 11.8 Å². The minimum Gasteiger partial charge on any atom is -0.392 e. The molecule has 3 heterocycles. The SMILES string of the molecule is CCSCC(=O)N1CCC[C@@]2(CN(Cc3cccc(C)n3)CC[C@H]2O)C1. The Balaban J connectivity index is 1.67. The van der Waals surface area contributed by atoms with Crippen LogP contribution in [0.2, 0.25) is 0 Å². The first-order valence-corrected chi connectivity index (χ1v) is 10.9. The molecule has 144 valence electrons. The molecule has 2 fully saturated rings. The first-order valence-electron chi connectivity index (χ1n) is 9.71. The van der Waals surface area contributed by atoms with Gasteiger partial charge in [0.25, 0.3) is 0 Å². The van der Waals surface area contributed by atoms with E-state index in [4.69, 9.17) is 0 Å². The van der Waals surface area contributed by atoms with E-state index < -0.39 is 0 Å². The van der Waals surface area contributed by atoms with Crippen molar-refractivity contribution in [3.63, 3.8) is 0 Å². The van der Waals surface area contributed by atoms with Crippen molar-refractivity contribution in [2.75, 3.05) is 37.7 Å². The van der Waals surface area contributed by atoms with Crippen molar-refractivity contribution in [1.82, 2.24) is 14.8 Å². The van der Waals surface area contributed by atoms with E-state index in [-0.39, 0.29) is 17.4 Å². The van der Waals surface area contributed by atoms with Gasteiger partial charge in [0.05, 0.1) is 17.6 Å². The third-order valence-corrected chi connectivity index (χ3v) is 6.55. The van der Waals surface area contributed by atoms with Crippen LogP contribution in [0.15, 0.2) is 18.2 Å². The second-order valence-electron chi connectivity index (χ2n) is 7.70. The summed E-state index contributed by atoms with van der Waals surface area (Å²) < 4.78 is 0. The lowest BCUT2D eigenvalue weighted by Gasteiger charge is -2.51. The third kappa shape index (κ3) is 4.59. The van der Waals surface area contributed by atoms with Gasteiger partial charge < -0.3 is 10.0 Å². The molecule has 3 rings (SSSR count). The van der Waals surface area contributed by atoms with Crippen LogP contribution in [0.4, 0.5) is 0 Å². The Morgan fingerprint density at radius 2 is 2.23 bits per heavy atom. The lowest BCUT2D eigenvalue weighted by atomic mass is 9.71. The van der Waals surface area contributed by atoms with Gasteiger partial charge in [-0.05, 0) is 44.1 Å². The molecule has 0 unspecified atom stereocenters. The number of hydrogen-bond donors (Lipinski definition) is 1. The molecule has 2 aliphatic rings. The highest BCUT2D eigenvalue weighted by Crippen LogP contribution is 2.39. The van der Waals surface area contributed by atoms with Gasteiger partial charge in [-0.15, -0.1) is 0 Å². The predicted octanol–water partition coefficient (Wildman–Crippen LogP) is 2.32. The number of aliphatic hydroxyl groups is 1. The third-order valence-electron chi connectivity index (χ3n) is 5.69. The zero-order chi connectivity index (χ0) is 18.6. The number of pyridine rings is 1. The molecule has 5 nitrogen and oxygen atoms in total. The maximum atomic E-state index is 12.5. The molecule has 26 heavy (non-hydrogen) atoms. The molecule has 2 saturated heterocycles. The monoisotopic (exact) mass is 377 g/mol.